The maximum atomic E-state index is 13.7. The number of aromatic nitrogens is 1. The van der Waals surface area contributed by atoms with Gasteiger partial charge in [0, 0.05) is 64.0 Å². The van der Waals surface area contributed by atoms with Crippen molar-refractivity contribution in [3.05, 3.63) is 48.2 Å². The molecule has 1 atom stereocenters. The van der Waals surface area contributed by atoms with Crippen molar-refractivity contribution in [2.24, 2.45) is 5.92 Å². The smallest absolute Gasteiger partial charge is 0.409 e. The van der Waals surface area contributed by atoms with Crippen LogP contribution >= 0.6 is 0 Å². The minimum atomic E-state index is -1.09. The van der Waals surface area contributed by atoms with Crippen molar-refractivity contribution >= 4 is 23.9 Å². The number of likely N-dealkylation sites (tertiary alicyclic amines) is 1. The lowest BCUT2D eigenvalue weighted by molar-refractivity contribution is -0.138. The number of carbonyl (C=O) groups excluding carboxylic acids is 3. The fraction of sp³-hybridized carbons (Fsp3) is 0.583. The van der Waals surface area contributed by atoms with Crippen LogP contribution in [0.4, 0.5) is 4.79 Å². The maximum absolute atomic E-state index is 13.7. The second kappa shape index (κ2) is 19.7. The van der Waals surface area contributed by atoms with E-state index < -0.39 is 29.9 Å². The highest BCUT2D eigenvalue weighted by molar-refractivity contribution is 5.97. The molecule has 2 fully saturated rings. The van der Waals surface area contributed by atoms with Crippen molar-refractivity contribution in [3.8, 4) is 17.0 Å². The Bertz CT molecular complexity index is 1360. The van der Waals surface area contributed by atoms with E-state index in [1.165, 1.54) is 0 Å². The van der Waals surface area contributed by atoms with Crippen LogP contribution in [0.15, 0.2) is 42.5 Å². The number of pyridine rings is 1. The molecule has 13 nitrogen and oxygen atoms in total. The summed E-state index contributed by atoms with van der Waals surface area (Å²) in [7, 11) is 1.71. The first-order valence-electron chi connectivity index (χ1n) is 17.4. The monoisotopic (exact) mass is 681 g/mol. The molecule has 0 spiro atoms. The molecule has 268 valence electrons. The Morgan fingerprint density at radius 3 is 2.35 bits per heavy atom. The summed E-state index contributed by atoms with van der Waals surface area (Å²) >= 11 is 0. The number of carbonyl (C=O) groups is 4. The highest BCUT2D eigenvalue weighted by atomic mass is 16.6. The highest BCUT2D eigenvalue weighted by Gasteiger charge is 2.31. The van der Waals surface area contributed by atoms with Crippen LogP contribution in [0.3, 0.4) is 0 Å². The van der Waals surface area contributed by atoms with E-state index in [0.717, 1.165) is 57.3 Å². The van der Waals surface area contributed by atoms with E-state index in [-0.39, 0.29) is 44.7 Å². The quantitative estimate of drug-likeness (QED) is 0.235. The van der Waals surface area contributed by atoms with Gasteiger partial charge >= 0.3 is 12.1 Å². The number of methoxy groups -OCH3 is 1. The average Bonchev–Trinajstić information content (AvgIpc) is 3.13. The van der Waals surface area contributed by atoms with Crippen LogP contribution in [-0.2, 0) is 19.1 Å². The van der Waals surface area contributed by atoms with Gasteiger partial charge in [0.2, 0.25) is 5.91 Å². The third-order valence-corrected chi connectivity index (χ3v) is 8.98. The fourth-order valence-electron chi connectivity index (χ4n) is 5.96. The molecule has 0 saturated carbocycles. The predicted octanol–water partition coefficient (Wildman–Crippen LogP) is 3.92. The third kappa shape index (κ3) is 12.0. The van der Waals surface area contributed by atoms with Crippen LogP contribution in [0, 0.1) is 5.92 Å². The van der Waals surface area contributed by atoms with Gasteiger partial charge in [0.25, 0.3) is 5.91 Å². The number of amides is 3. The first kappa shape index (κ1) is 37.6. The number of rotatable bonds is 17. The van der Waals surface area contributed by atoms with Gasteiger partial charge in [-0.2, -0.15) is 0 Å². The number of piperidine rings is 1. The molecule has 2 aliphatic heterocycles. The van der Waals surface area contributed by atoms with Crippen molar-refractivity contribution in [3.63, 3.8) is 0 Å². The number of hydrogen-bond donors (Lipinski definition) is 2. The van der Waals surface area contributed by atoms with Crippen molar-refractivity contribution in [1.82, 2.24) is 25.0 Å². The average molecular weight is 682 g/mol. The van der Waals surface area contributed by atoms with Gasteiger partial charge in [0.15, 0.2) is 0 Å². The van der Waals surface area contributed by atoms with Gasteiger partial charge in [-0.05, 0) is 44.7 Å². The topological polar surface area (TPSA) is 151 Å². The summed E-state index contributed by atoms with van der Waals surface area (Å²) in [5, 5.41) is 12.2. The van der Waals surface area contributed by atoms with E-state index in [1.54, 1.807) is 29.0 Å². The number of ether oxygens (including phenoxy) is 3. The van der Waals surface area contributed by atoms with Gasteiger partial charge in [-0.25, -0.2) is 9.78 Å². The van der Waals surface area contributed by atoms with Gasteiger partial charge in [0.05, 0.1) is 25.5 Å². The maximum Gasteiger partial charge on any atom is 0.409 e. The molecule has 3 heterocycles. The minimum Gasteiger partial charge on any atom is -0.493 e. The number of piperazine rings is 1. The molecule has 4 rings (SSSR count). The molecule has 1 aromatic carbocycles. The summed E-state index contributed by atoms with van der Waals surface area (Å²) in [6.45, 7) is 7.55. The zero-order valence-corrected chi connectivity index (χ0v) is 28.8. The Morgan fingerprint density at radius 1 is 0.959 bits per heavy atom. The summed E-state index contributed by atoms with van der Waals surface area (Å²) in [6, 6.07) is 11.7. The Morgan fingerprint density at radius 2 is 1.67 bits per heavy atom. The van der Waals surface area contributed by atoms with Gasteiger partial charge in [-0.15, -0.1) is 0 Å². The number of hydrogen-bond acceptors (Lipinski definition) is 9. The molecule has 2 saturated heterocycles. The van der Waals surface area contributed by atoms with Crippen LogP contribution in [0.2, 0.25) is 0 Å². The van der Waals surface area contributed by atoms with Gasteiger partial charge in [0.1, 0.15) is 17.5 Å². The third-order valence-electron chi connectivity index (χ3n) is 8.98. The Hall–Kier alpha value is -4.23. The lowest BCUT2D eigenvalue weighted by Crippen LogP contribution is -2.56. The van der Waals surface area contributed by atoms with E-state index in [9.17, 15) is 24.3 Å². The summed E-state index contributed by atoms with van der Waals surface area (Å²) in [5.41, 5.74) is 1.41. The molecule has 2 aromatic rings. The molecule has 0 bridgehead atoms. The van der Waals surface area contributed by atoms with Crippen LogP contribution in [0.25, 0.3) is 11.3 Å². The standard InChI is InChI=1S/C36H51N5O8/c1-3-4-8-22-48-36(46)41-19-17-40(18-20-41)35(45)30(11-12-33(42)43)38-34(44)32-25-29(24-31(37-32)28-9-6-5-7-10-28)49-26-27-13-15-39(16-14-27)21-23-47-2/h5-7,9-10,24-25,27,30H,3-4,8,11-23,26H2,1-2H3,(H,38,44)(H,42,43)/t30-/m0/s1. The van der Waals surface area contributed by atoms with Crippen molar-refractivity contribution in [1.29, 1.82) is 0 Å². The Labute approximate surface area is 288 Å². The lowest BCUT2D eigenvalue weighted by Gasteiger charge is -2.36. The molecule has 0 radical (unpaired) electrons. The first-order valence-corrected chi connectivity index (χ1v) is 17.4. The number of unbranched alkanes of at least 4 members (excludes halogenated alkanes) is 2. The second-order valence-corrected chi connectivity index (χ2v) is 12.6. The van der Waals surface area contributed by atoms with Crippen LogP contribution in [0.1, 0.15) is 62.4 Å². The van der Waals surface area contributed by atoms with E-state index in [0.29, 0.717) is 37.2 Å². The molecule has 13 heteroatoms. The largest absolute Gasteiger partial charge is 0.493 e. The number of aliphatic carboxylic acids is 1. The second-order valence-electron chi connectivity index (χ2n) is 12.6. The van der Waals surface area contributed by atoms with Crippen molar-refractivity contribution < 1.29 is 38.5 Å². The molecule has 2 aliphatic rings. The summed E-state index contributed by atoms with van der Waals surface area (Å²) < 4.78 is 16.8. The van der Waals surface area contributed by atoms with E-state index in [4.69, 9.17) is 14.2 Å². The Kier molecular flexibility index (Phi) is 15.1. The predicted molar refractivity (Wildman–Crippen MR) is 183 cm³/mol. The summed E-state index contributed by atoms with van der Waals surface area (Å²) in [4.78, 5) is 61.4. The van der Waals surface area contributed by atoms with Gasteiger partial charge < -0.3 is 39.3 Å². The van der Waals surface area contributed by atoms with Crippen LogP contribution in [0.5, 0.6) is 5.75 Å². The van der Waals surface area contributed by atoms with Gasteiger partial charge in [-0.3, -0.25) is 14.4 Å². The molecule has 0 unspecified atom stereocenters. The number of nitrogens with zero attached hydrogens (tertiary/aromatic N) is 4. The van der Waals surface area contributed by atoms with Crippen LogP contribution in [-0.4, -0.2) is 127 Å². The summed E-state index contributed by atoms with van der Waals surface area (Å²) in [6.07, 6.45) is 3.99. The molecule has 0 aliphatic carbocycles. The Balaban J connectivity index is 1.42. The fourth-order valence-corrected chi connectivity index (χ4v) is 5.96. The van der Waals surface area contributed by atoms with E-state index in [2.05, 4.69) is 22.1 Å². The first-order chi connectivity index (χ1) is 23.8. The van der Waals surface area contributed by atoms with Crippen LogP contribution < -0.4 is 10.1 Å². The van der Waals surface area contributed by atoms with E-state index in [1.807, 2.05) is 30.3 Å². The zero-order valence-electron chi connectivity index (χ0n) is 28.8. The van der Waals surface area contributed by atoms with Crippen molar-refractivity contribution in [2.45, 2.75) is 57.9 Å². The summed E-state index contributed by atoms with van der Waals surface area (Å²) in [5.74, 6) is -1.23. The zero-order chi connectivity index (χ0) is 35.0. The molecule has 49 heavy (non-hydrogen) atoms. The highest BCUT2D eigenvalue weighted by Crippen LogP contribution is 2.25. The molecule has 2 N–H and O–H groups in total. The lowest BCUT2D eigenvalue weighted by atomic mass is 9.98. The molecule has 1 aromatic heterocycles. The minimum absolute atomic E-state index is 0.0644. The number of nitrogens with one attached hydrogen (secondary N) is 1. The normalized spacial score (nSPS) is 16.2. The number of carboxylic acids is 1. The van der Waals surface area contributed by atoms with E-state index >= 15 is 0 Å². The SMILES string of the molecule is CCCCCOC(=O)N1CCN(C(=O)[C@H](CCC(=O)O)NC(=O)c2cc(OCC3CCN(CCOC)CC3)cc(-c3ccccc3)n2)CC1. The number of carboxylic acid groups (broad SMARTS) is 1. The molecular formula is C36H51N5O8. The van der Waals surface area contributed by atoms with Gasteiger partial charge in [-0.1, -0.05) is 50.1 Å². The molecular weight excluding hydrogens is 630 g/mol. The molecule has 3 amide bonds. The number of benzene rings is 1. The van der Waals surface area contributed by atoms with Crippen molar-refractivity contribution in [2.75, 3.05) is 72.7 Å².